The second-order valence-corrected chi connectivity index (χ2v) is 18.7. The zero-order valence-corrected chi connectivity index (χ0v) is 31.2. The van der Waals surface area contributed by atoms with E-state index in [1.54, 1.807) is 0 Å². The summed E-state index contributed by atoms with van der Waals surface area (Å²) in [4.78, 5) is 0. The van der Waals surface area contributed by atoms with E-state index in [0.717, 1.165) is 45.1 Å². The molecule has 0 aromatic heterocycles. The molecule has 52 heavy (non-hydrogen) atoms. The zero-order chi connectivity index (χ0) is 36.9. The maximum absolute atomic E-state index is 11.2. The SMILES string of the molecule is CC1CC[C@@]2(OC1)O[C@H]1C[C@H]3[C@@H]4CC[C@@H]5C[C@@H](O[C@@H]6O[C@H](CO)[C@H](O[C@@H]7O[C@H](CO)[C@@H](O)[C@H](O)[C@H]7O)[C@H](O)[C@H]6O)CC[C@]5(C)[C@H]4CC[C@]3(C)[C@H]1[C@@H]2C. The molecule has 1 unspecified atom stereocenters. The van der Waals surface area contributed by atoms with Gasteiger partial charge in [0.15, 0.2) is 18.4 Å². The van der Waals surface area contributed by atoms with E-state index in [1.807, 2.05) is 0 Å². The highest BCUT2D eigenvalue weighted by molar-refractivity contribution is 5.15. The molecule has 13 nitrogen and oxygen atoms in total. The molecule has 8 aliphatic rings. The van der Waals surface area contributed by atoms with Gasteiger partial charge in [-0.15, -0.1) is 0 Å². The van der Waals surface area contributed by atoms with Crippen molar-refractivity contribution >= 4 is 0 Å². The van der Waals surface area contributed by atoms with Crippen molar-refractivity contribution in [1.29, 1.82) is 0 Å². The van der Waals surface area contributed by atoms with Crippen molar-refractivity contribution in [3.8, 4) is 0 Å². The lowest BCUT2D eigenvalue weighted by Crippen LogP contribution is -2.65. The van der Waals surface area contributed by atoms with E-state index >= 15 is 0 Å². The molecule has 0 amide bonds. The standard InChI is InChI=1S/C39H64O13/c1-18-7-12-39(47-17-18)19(2)28-25(52-39)14-24-22-6-5-20-13-21(8-10-37(20,3)23(22)9-11-38(24,28)4)48-35-33(46)31(44)34(27(16-41)50-35)51-36-32(45)30(43)29(42)26(15-40)49-36/h18-36,40-46H,5-17H2,1-4H3/t18?,19-,20+,21-,22+,23-,24-,25-,26+,27+,28-,29+,30-,31+,32+,33+,34-,35+,36-,37-,38-,39+/m0/s1. The average Bonchev–Trinajstić information content (AvgIpc) is 3.58. The summed E-state index contributed by atoms with van der Waals surface area (Å²) in [6.07, 6.45) is -3.66. The summed E-state index contributed by atoms with van der Waals surface area (Å²) < 4.78 is 37.0. The number of hydrogen-bond acceptors (Lipinski definition) is 13. The zero-order valence-electron chi connectivity index (χ0n) is 31.2. The third-order valence-electron chi connectivity index (χ3n) is 16.2. The van der Waals surface area contributed by atoms with Crippen LogP contribution in [0.3, 0.4) is 0 Å². The van der Waals surface area contributed by atoms with Crippen LogP contribution in [0, 0.1) is 52.3 Å². The summed E-state index contributed by atoms with van der Waals surface area (Å²) in [5, 5.41) is 72.8. The lowest BCUT2D eigenvalue weighted by molar-refractivity contribution is -0.364. The van der Waals surface area contributed by atoms with E-state index in [0.29, 0.717) is 41.4 Å². The molecule has 298 valence electrons. The van der Waals surface area contributed by atoms with Crippen molar-refractivity contribution in [2.75, 3.05) is 19.8 Å². The van der Waals surface area contributed by atoms with Gasteiger partial charge in [-0.2, -0.15) is 0 Å². The van der Waals surface area contributed by atoms with Crippen LogP contribution in [-0.4, -0.2) is 135 Å². The third kappa shape index (κ3) is 5.98. The number of ether oxygens (including phenoxy) is 6. The Bertz CT molecular complexity index is 1260. The van der Waals surface area contributed by atoms with E-state index in [2.05, 4.69) is 27.7 Å². The van der Waals surface area contributed by atoms with Gasteiger partial charge in [0.2, 0.25) is 0 Å². The molecule has 7 N–H and O–H groups in total. The van der Waals surface area contributed by atoms with Crippen LogP contribution in [-0.2, 0) is 28.4 Å². The molecular weight excluding hydrogens is 676 g/mol. The van der Waals surface area contributed by atoms with Gasteiger partial charge in [0.05, 0.1) is 32.0 Å². The van der Waals surface area contributed by atoms with Gasteiger partial charge in [0.1, 0.15) is 48.8 Å². The Morgan fingerprint density at radius 3 is 2.08 bits per heavy atom. The molecule has 0 aromatic rings. The molecule has 4 aliphatic carbocycles. The van der Waals surface area contributed by atoms with E-state index in [1.165, 1.54) is 25.7 Å². The van der Waals surface area contributed by atoms with Gasteiger partial charge in [-0.1, -0.05) is 27.7 Å². The monoisotopic (exact) mass is 740 g/mol. The largest absolute Gasteiger partial charge is 0.394 e. The van der Waals surface area contributed by atoms with Crippen LogP contribution in [0.15, 0.2) is 0 Å². The third-order valence-corrected chi connectivity index (χ3v) is 16.2. The number of fused-ring (bicyclic) bond motifs is 7. The molecule has 0 aromatic carbocycles. The molecule has 8 fully saturated rings. The van der Waals surface area contributed by atoms with Crippen molar-refractivity contribution in [3.05, 3.63) is 0 Å². The minimum atomic E-state index is -1.71. The van der Waals surface area contributed by atoms with Crippen LogP contribution in [0.4, 0.5) is 0 Å². The minimum Gasteiger partial charge on any atom is -0.394 e. The lowest BCUT2D eigenvalue weighted by Gasteiger charge is -2.61. The van der Waals surface area contributed by atoms with Gasteiger partial charge in [-0.3, -0.25) is 0 Å². The Labute approximate surface area is 307 Å². The first-order valence-electron chi connectivity index (χ1n) is 20.3. The van der Waals surface area contributed by atoms with Crippen molar-refractivity contribution < 1.29 is 64.2 Å². The van der Waals surface area contributed by atoms with Gasteiger partial charge in [0.25, 0.3) is 0 Å². The van der Waals surface area contributed by atoms with Crippen LogP contribution in [0.2, 0.25) is 0 Å². The van der Waals surface area contributed by atoms with Crippen LogP contribution >= 0.6 is 0 Å². The average molecular weight is 741 g/mol. The number of hydrogen-bond donors (Lipinski definition) is 7. The van der Waals surface area contributed by atoms with E-state index in [-0.39, 0.29) is 23.0 Å². The Morgan fingerprint density at radius 2 is 1.37 bits per heavy atom. The predicted molar refractivity (Wildman–Crippen MR) is 183 cm³/mol. The molecule has 4 heterocycles. The van der Waals surface area contributed by atoms with E-state index in [4.69, 9.17) is 28.4 Å². The highest BCUT2D eigenvalue weighted by atomic mass is 16.7. The molecule has 4 saturated heterocycles. The van der Waals surface area contributed by atoms with Gasteiger partial charge in [-0.25, -0.2) is 0 Å². The quantitative estimate of drug-likeness (QED) is 0.194. The summed E-state index contributed by atoms with van der Waals surface area (Å²) in [5.41, 5.74) is 0.468. The fourth-order valence-electron chi connectivity index (χ4n) is 13.2. The van der Waals surface area contributed by atoms with E-state index in [9.17, 15) is 35.7 Å². The first-order chi connectivity index (χ1) is 24.7. The highest BCUT2D eigenvalue weighted by Crippen LogP contribution is 2.71. The second kappa shape index (κ2) is 14.1. The van der Waals surface area contributed by atoms with Crippen molar-refractivity contribution in [1.82, 2.24) is 0 Å². The Hall–Kier alpha value is -0.520. The smallest absolute Gasteiger partial charge is 0.187 e. The predicted octanol–water partition coefficient (Wildman–Crippen LogP) is 1.44. The summed E-state index contributed by atoms with van der Waals surface area (Å²) >= 11 is 0. The maximum atomic E-state index is 11.2. The Kier molecular flexibility index (Phi) is 10.4. The van der Waals surface area contributed by atoms with Gasteiger partial charge < -0.3 is 64.2 Å². The minimum absolute atomic E-state index is 0.188. The summed E-state index contributed by atoms with van der Waals surface area (Å²) in [5.74, 6) is 3.63. The number of aliphatic hydroxyl groups excluding tert-OH is 7. The number of rotatable bonds is 6. The molecule has 22 atom stereocenters. The lowest BCUT2D eigenvalue weighted by atomic mass is 9.44. The molecule has 1 spiro atoms. The topological polar surface area (TPSA) is 197 Å². The molecule has 0 radical (unpaired) electrons. The highest BCUT2D eigenvalue weighted by Gasteiger charge is 2.69. The Balaban J connectivity index is 0.892. The van der Waals surface area contributed by atoms with Gasteiger partial charge in [0, 0.05) is 12.3 Å². The fourth-order valence-corrected chi connectivity index (χ4v) is 13.2. The molecule has 0 bridgehead atoms. The van der Waals surface area contributed by atoms with Crippen LogP contribution < -0.4 is 0 Å². The summed E-state index contributed by atoms with van der Waals surface area (Å²) in [6.45, 7) is 9.33. The van der Waals surface area contributed by atoms with Gasteiger partial charge in [-0.05, 0) is 104 Å². The Morgan fingerprint density at radius 1 is 0.673 bits per heavy atom. The maximum Gasteiger partial charge on any atom is 0.187 e. The fraction of sp³-hybridized carbons (Fsp3) is 1.00. The van der Waals surface area contributed by atoms with Crippen LogP contribution in [0.25, 0.3) is 0 Å². The molecule has 13 heteroatoms. The van der Waals surface area contributed by atoms with Gasteiger partial charge >= 0.3 is 0 Å². The molecule has 4 saturated carbocycles. The first-order valence-corrected chi connectivity index (χ1v) is 20.3. The van der Waals surface area contributed by atoms with E-state index < -0.39 is 80.4 Å². The van der Waals surface area contributed by atoms with Crippen molar-refractivity contribution in [2.45, 2.75) is 171 Å². The first kappa shape index (κ1) is 38.4. The molecule has 8 rings (SSSR count). The second-order valence-electron chi connectivity index (χ2n) is 18.7. The van der Waals surface area contributed by atoms with Crippen molar-refractivity contribution in [2.24, 2.45) is 52.3 Å². The summed E-state index contributed by atoms with van der Waals surface area (Å²) in [6, 6.07) is 0. The summed E-state index contributed by atoms with van der Waals surface area (Å²) in [7, 11) is 0. The van der Waals surface area contributed by atoms with Crippen LogP contribution in [0.1, 0.15) is 91.9 Å². The molecular formula is C39H64O13. The molecule has 4 aliphatic heterocycles. The van der Waals surface area contributed by atoms with Crippen molar-refractivity contribution in [3.63, 3.8) is 0 Å². The van der Waals surface area contributed by atoms with Crippen LogP contribution in [0.5, 0.6) is 0 Å². The number of aliphatic hydroxyl groups is 7. The normalized spacial score (nSPS) is 59.0.